The van der Waals surface area contributed by atoms with Crippen molar-refractivity contribution >= 4 is 17.3 Å². The van der Waals surface area contributed by atoms with E-state index >= 15 is 0 Å². The predicted molar refractivity (Wildman–Crippen MR) is 80.3 cm³/mol. The zero-order valence-corrected chi connectivity index (χ0v) is 12.1. The highest BCUT2D eigenvalue weighted by Crippen LogP contribution is 2.32. The van der Waals surface area contributed by atoms with Gasteiger partial charge in [-0.25, -0.2) is 4.98 Å². The van der Waals surface area contributed by atoms with E-state index in [1.54, 1.807) is 12.1 Å². The van der Waals surface area contributed by atoms with Crippen LogP contribution in [0.2, 0.25) is 0 Å². The van der Waals surface area contributed by atoms with E-state index in [4.69, 9.17) is 0 Å². The second-order valence-electron chi connectivity index (χ2n) is 5.26. The van der Waals surface area contributed by atoms with Crippen molar-refractivity contribution in [3.63, 3.8) is 0 Å². The topological polar surface area (TPSA) is 71.3 Å². The Bertz CT molecular complexity index is 478. The van der Waals surface area contributed by atoms with E-state index in [1.165, 1.54) is 6.42 Å². The van der Waals surface area contributed by atoms with Gasteiger partial charge in [0.15, 0.2) is 0 Å². The molecule has 1 fully saturated rings. The monoisotopic (exact) mass is 278 g/mol. The molecule has 0 spiro atoms. The van der Waals surface area contributed by atoms with Gasteiger partial charge in [-0.05, 0) is 38.7 Å². The minimum atomic E-state index is -0.340. The van der Waals surface area contributed by atoms with Crippen molar-refractivity contribution in [3.8, 4) is 0 Å². The number of rotatable bonds is 5. The molecule has 2 heterocycles. The number of anilines is 2. The van der Waals surface area contributed by atoms with Crippen molar-refractivity contribution in [2.75, 3.05) is 23.3 Å². The summed E-state index contributed by atoms with van der Waals surface area (Å²) >= 11 is 0. The second kappa shape index (κ2) is 6.54. The van der Waals surface area contributed by atoms with Crippen LogP contribution >= 0.6 is 0 Å². The maximum atomic E-state index is 11.2. The minimum Gasteiger partial charge on any atom is -0.370 e. The van der Waals surface area contributed by atoms with Gasteiger partial charge in [-0.3, -0.25) is 10.1 Å². The maximum absolute atomic E-state index is 11.2. The number of piperidine rings is 1. The molecule has 110 valence electrons. The Labute approximate surface area is 119 Å². The number of nitrogens with one attached hydrogen (secondary N) is 1. The van der Waals surface area contributed by atoms with Gasteiger partial charge in [0, 0.05) is 25.2 Å². The van der Waals surface area contributed by atoms with Crippen molar-refractivity contribution in [3.05, 3.63) is 22.2 Å². The number of hydrogen-bond donors (Lipinski definition) is 1. The van der Waals surface area contributed by atoms with Gasteiger partial charge >= 0.3 is 5.69 Å². The van der Waals surface area contributed by atoms with E-state index in [2.05, 4.69) is 29.0 Å². The number of nitrogens with zero attached hydrogens (tertiary/aromatic N) is 3. The maximum Gasteiger partial charge on any atom is 0.311 e. The number of nitro groups is 1. The molecule has 0 aliphatic carbocycles. The summed E-state index contributed by atoms with van der Waals surface area (Å²) in [7, 11) is 0. The summed E-state index contributed by atoms with van der Waals surface area (Å²) in [6.07, 6.45) is 4.30. The molecule has 0 bridgehead atoms. The molecule has 0 radical (unpaired) electrons. The Morgan fingerprint density at radius 1 is 1.50 bits per heavy atom. The van der Waals surface area contributed by atoms with Crippen molar-refractivity contribution < 1.29 is 4.92 Å². The van der Waals surface area contributed by atoms with Crippen LogP contribution in [0.15, 0.2) is 12.1 Å². The van der Waals surface area contributed by atoms with Crippen LogP contribution in [-0.2, 0) is 0 Å². The fourth-order valence-corrected chi connectivity index (χ4v) is 2.56. The second-order valence-corrected chi connectivity index (χ2v) is 5.26. The molecular weight excluding hydrogens is 256 g/mol. The SMILES string of the molecule is CCCNc1ccc([N+](=O)[O-])c(N2CCCCC2C)n1. The lowest BCUT2D eigenvalue weighted by Gasteiger charge is -2.34. The zero-order chi connectivity index (χ0) is 14.5. The molecule has 6 nitrogen and oxygen atoms in total. The lowest BCUT2D eigenvalue weighted by molar-refractivity contribution is -0.384. The molecule has 1 atom stereocenters. The molecule has 1 aliphatic rings. The molecule has 1 N–H and O–H groups in total. The van der Waals surface area contributed by atoms with Gasteiger partial charge in [-0.15, -0.1) is 0 Å². The molecule has 0 amide bonds. The third-order valence-corrected chi connectivity index (χ3v) is 3.68. The fraction of sp³-hybridized carbons (Fsp3) is 0.643. The van der Waals surface area contributed by atoms with Crippen LogP contribution < -0.4 is 10.2 Å². The first-order valence-electron chi connectivity index (χ1n) is 7.29. The average Bonchev–Trinajstić information content (AvgIpc) is 2.45. The van der Waals surface area contributed by atoms with E-state index in [0.717, 1.165) is 32.4 Å². The molecular formula is C14H22N4O2. The van der Waals surface area contributed by atoms with E-state index < -0.39 is 0 Å². The number of hydrogen-bond acceptors (Lipinski definition) is 5. The Hall–Kier alpha value is -1.85. The third-order valence-electron chi connectivity index (χ3n) is 3.68. The molecule has 1 saturated heterocycles. The third kappa shape index (κ3) is 3.18. The normalized spacial score (nSPS) is 18.9. The lowest BCUT2D eigenvalue weighted by Crippen LogP contribution is -2.38. The Kier molecular flexibility index (Phi) is 4.76. The summed E-state index contributed by atoms with van der Waals surface area (Å²) in [4.78, 5) is 17.4. The highest BCUT2D eigenvalue weighted by molar-refractivity contribution is 5.62. The van der Waals surface area contributed by atoms with Crippen molar-refractivity contribution in [1.29, 1.82) is 0 Å². The van der Waals surface area contributed by atoms with E-state index in [-0.39, 0.29) is 10.6 Å². The van der Waals surface area contributed by atoms with Gasteiger partial charge in [-0.2, -0.15) is 0 Å². The van der Waals surface area contributed by atoms with Crippen LogP contribution in [0.25, 0.3) is 0 Å². The van der Waals surface area contributed by atoms with Crippen LogP contribution in [0.5, 0.6) is 0 Å². The molecule has 20 heavy (non-hydrogen) atoms. The molecule has 1 aromatic heterocycles. The van der Waals surface area contributed by atoms with Gasteiger partial charge in [0.1, 0.15) is 5.82 Å². The zero-order valence-electron chi connectivity index (χ0n) is 12.1. The summed E-state index contributed by atoms with van der Waals surface area (Å²) in [5, 5.41) is 14.4. The van der Waals surface area contributed by atoms with Gasteiger partial charge in [0.25, 0.3) is 0 Å². The molecule has 0 aromatic carbocycles. The summed E-state index contributed by atoms with van der Waals surface area (Å²) in [5.41, 5.74) is 0.0980. The smallest absolute Gasteiger partial charge is 0.311 e. The molecule has 1 aliphatic heterocycles. The molecule has 1 aromatic rings. The van der Waals surface area contributed by atoms with Gasteiger partial charge in [0.2, 0.25) is 5.82 Å². The van der Waals surface area contributed by atoms with Crippen LogP contribution in [0.1, 0.15) is 39.5 Å². The van der Waals surface area contributed by atoms with Crippen molar-refractivity contribution in [2.45, 2.75) is 45.6 Å². The van der Waals surface area contributed by atoms with Crippen molar-refractivity contribution in [1.82, 2.24) is 4.98 Å². The quantitative estimate of drug-likeness (QED) is 0.661. The molecule has 0 saturated carbocycles. The molecule has 2 rings (SSSR count). The average molecular weight is 278 g/mol. The van der Waals surface area contributed by atoms with Crippen LogP contribution in [0.4, 0.5) is 17.3 Å². The summed E-state index contributed by atoms with van der Waals surface area (Å²) in [6.45, 7) is 5.84. The van der Waals surface area contributed by atoms with E-state index in [1.807, 2.05) is 0 Å². The van der Waals surface area contributed by atoms with Crippen LogP contribution in [0.3, 0.4) is 0 Å². The first-order valence-corrected chi connectivity index (χ1v) is 7.29. The molecule has 1 unspecified atom stereocenters. The van der Waals surface area contributed by atoms with Crippen LogP contribution in [-0.4, -0.2) is 29.0 Å². The highest BCUT2D eigenvalue weighted by Gasteiger charge is 2.27. The van der Waals surface area contributed by atoms with Crippen LogP contribution in [0, 0.1) is 10.1 Å². The Morgan fingerprint density at radius 3 is 2.95 bits per heavy atom. The van der Waals surface area contributed by atoms with Gasteiger partial charge in [0.05, 0.1) is 4.92 Å². The van der Waals surface area contributed by atoms with Gasteiger partial charge < -0.3 is 10.2 Å². The highest BCUT2D eigenvalue weighted by atomic mass is 16.6. The van der Waals surface area contributed by atoms with E-state index in [0.29, 0.717) is 17.7 Å². The minimum absolute atomic E-state index is 0.0980. The molecule has 6 heteroatoms. The predicted octanol–water partition coefficient (Wildman–Crippen LogP) is 3.19. The number of aromatic nitrogens is 1. The largest absolute Gasteiger partial charge is 0.370 e. The summed E-state index contributed by atoms with van der Waals surface area (Å²) in [6, 6.07) is 3.55. The first-order chi connectivity index (χ1) is 9.63. The number of pyridine rings is 1. The summed E-state index contributed by atoms with van der Waals surface area (Å²) in [5.74, 6) is 1.22. The summed E-state index contributed by atoms with van der Waals surface area (Å²) < 4.78 is 0. The first kappa shape index (κ1) is 14.6. The fourth-order valence-electron chi connectivity index (χ4n) is 2.56. The lowest BCUT2D eigenvalue weighted by atomic mass is 10.0. The Morgan fingerprint density at radius 2 is 2.30 bits per heavy atom. The van der Waals surface area contributed by atoms with E-state index in [9.17, 15) is 10.1 Å². The Balaban J connectivity index is 2.33. The van der Waals surface area contributed by atoms with Crippen molar-refractivity contribution in [2.24, 2.45) is 0 Å². The van der Waals surface area contributed by atoms with Gasteiger partial charge in [-0.1, -0.05) is 6.92 Å². The standard InChI is InChI=1S/C14H22N4O2/c1-3-9-15-13-8-7-12(18(19)20)14(16-13)17-10-5-4-6-11(17)2/h7-8,11H,3-6,9-10H2,1-2H3,(H,15,16).